The Morgan fingerprint density at radius 2 is 1.93 bits per heavy atom. The summed E-state index contributed by atoms with van der Waals surface area (Å²) in [6.45, 7) is 4.94. The van der Waals surface area contributed by atoms with Crippen molar-refractivity contribution >= 4 is 17.0 Å². The van der Waals surface area contributed by atoms with Gasteiger partial charge in [0.25, 0.3) is 0 Å². The molecule has 0 aliphatic heterocycles. The van der Waals surface area contributed by atoms with Gasteiger partial charge < -0.3 is 11.2 Å². The maximum Gasteiger partial charge on any atom is 0.0678 e. The van der Waals surface area contributed by atoms with E-state index >= 15 is 0 Å². The van der Waals surface area contributed by atoms with Gasteiger partial charge in [-0.15, -0.1) is 11.3 Å². The molecule has 0 atom stereocenters. The van der Waals surface area contributed by atoms with E-state index in [1.54, 1.807) is 11.3 Å². The molecule has 4 heteroatoms. The molecule has 2 aromatic heterocycles. The first-order valence-corrected chi connectivity index (χ1v) is 5.77. The molecular formula is C11H15N3S. The van der Waals surface area contributed by atoms with E-state index in [0.29, 0.717) is 0 Å². The lowest BCUT2D eigenvalue weighted by Crippen LogP contribution is -2.16. The summed E-state index contributed by atoms with van der Waals surface area (Å²) in [5.41, 5.74) is 12.5. The van der Waals surface area contributed by atoms with Gasteiger partial charge in [0.2, 0.25) is 0 Å². The fraction of sp³-hybridized carbons (Fsp3) is 0.273. The first kappa shape index (κ1) is 10.1. The second-order valence-electron chi connectivity index (χ2n) is 3.59. The molecule has 0 aliphatic rings. The van der Waals surface area contributed by atoms with Crippen molar-refractivity contribution in [1.29, 1.82) is 0 Å². The molecule has 0 saturated carbocycles. The minimum atomic E-state index is 0.778. The Bertz CT molecular complexity index is 437. The van der Waals surface area contributed by atoms with Crippen LogP contribution >= 0.6 is 11.3 Å². The molecule has 2 heterocycles. The van der Waals surface area contributed by atoms with Crippen LogP contribution in [0.15, 0.2) is 23.6 Å². The molecular weight excluding hydrogens is 206 g/mol. The van der Waals surface area contributed by atoms with Gasteiger partial charge in [0, 0.05) is 22.0 Å². The number of nitrogen functional groups attached to an aromatic ring is 1. The Hall–Kier alpha value is -1.42. The maximum absolute atomic E-state index is 5.82. The molecule has 0 aromatic carbocycles. The summed E-state index contributed by atoms with van der Waals surface area (Å²) < 4.78 is 2.08. The molecule has 2 rings (SSSR count). The Labute approximate surface area is 93.5 Å². The summed E-state index contributed by atoms with van der Waals surface area (Å²) in [6, 6.07) is 6.14. The number of nitrogens with zero attached hydrogens (tertiary/aromatic N) is 1. The third-order valence-corrected chi connectivity index (χ3v) is 3.39. The van der Waals surface area contributed by atoms with Crippen molar-refractivity contribution in [1.82, 2.24) is 4.68 Å². The van der Waals surface area contributed by atoms with Gasteiger partial charge in [0.1, 0.15) is 0 Å². The third-order valence-electron chi connectivity index (χ3n) is 2.45. The van der Waals surface area contributed by atoms with E-state index in [0.717, 1.165) is 12.2 Å². The number of aromatic nitrogens is 1. The summed E-state index contributed by atoms with van der Waals surface area (Å²) in [5.74, 6) is 0. The molecule has 0 radical (unpaired) electrons. The van der Waals surface area contributed by atoms with Gasteiger partial charge in [0.05, 0.1) is 6.54 Å². The number of aryl methyl sites for hydroxylation is 2. The van der Waals surface area contributed by atoms with Gasteiger partial charge in [-0.05, 0) is 37.4 Å². The van der Waals surface area contributed by atoms with Gasteiger partial charge in [-0.2, -0.15) is 0 Å². The molecule has 2 aromatic rings. The predicted molar refractivity (Wildman–Crippen MR) is 65.7 cm³/mol. The van der Waals surface area contributed by atoms with Crippen molar-refractivity contribution in [3.05, 3.63) is 39.8 Å². The van der Waals surface area contributed by atoms with Gasteiger partial charge >= 0.3 is 0 Å². The van der Waals surface area contributed by atoms with Crippen molar-refractivity contribution in [2.75, 3.05) is 11.2 Å². The standard InChI is InChI=1S/C11H15N3S/c1-8-3-4-9(2)14(8)13-7-11-10(12)5-6-15-11/h3-6,13H,7,12H2,1-2H3. The molecule has 0 amide bonds. The zero-order valence-electron chi connectivity index (χ0n) is 8.95. The first-order valence-electron chi connectivity index (χ1n) is 4.89. The van der Waals surface area contributed by atoms with Crippen LogP contribution in [0.4, 0.5) is 5.69 Å². The van der Waals surface area contributed by atoms with E-state index in [9.17, 15) is 0 Å². The Kier molecular flexibility index (Phi) is 2.68. The van der Waals surface area contributed by atoms with Crippen LogP contribution in [-0.4, -0.2) is 4.68 Å². The van der Waals surface area contributed by atoms with Crippen LogP contribution in [0, 0.1) is 13.8 Å². The fourth-order valence-electron chi connectivity index (χ4n) is 1.56. The average molecular weight is 221 g/mol. The van der Waals surface area contributed by atoms with E-state index < -0.39 is 0 Å². The summed E-state index contributed by atoms with van der Waals surface area (Å²) in [6.07, 6.45) is 0. The van der Waals surface area contributed by atoms with Crippen molar-refractivity contribution in [3.63, 3.8) is 0 Å². The molecule has 15 heavy (non-hydrogen) atoms. The molecule has 0 bridgehead atoms. The Morgan fingerprint density at radius 1 is 1.27 bits per heavy atom. The quantitative estimate of drug-likeness (QED) is 0.836. The van der Waals surface area contributed by atoms with E-state index in [-0.39, 0.29) is 0 Å². The Balaban J connectivity index is 2.08. The van der Waals surface area contributed by atoms with E-state index in [1.165, 1.54) is 16.3 Å². The summed E-state index contributed by atoms with van der Waals surface area (Å²) in [4.78, 5) is 1.18. The smallest absolute Gasteiger partial charge is 0.0678 e. The van der Waals surface area contributed by atoms with Crippen LogP contribution in [0.25, 0.3) is 0 Å². The molecule has 3 nitrogen and oxygen atoms in total. The molecule has 0 unspecified atom stereocenters. The largest absolute Gasteiger partial charge is 0.398 e. The highest BCUT2D eigenvalue weighted by atomic mass is 32.1. The van der Waals surface area contributed by atoms with E-state index in [4.69, 9.17) is 5.73 Å². The molecule has 0 saturated heterocycles. The van der Waals surface area contributed by atoms with Gasteiger partial charge in [0.15, 0.2) is 0 Å². The summed E-state index contributed by atoms with van der Waals surface area (Å²) >= 11 is 1.68. The van der Waals surface area contributed by atoms with Crippen LogP contribution in [-0.2, 0) is 6.54 Å². The zero-order chi connectivity index (χ0) is 10.8. The second-order valence-corrected chi connectivity index (χ2v) is 4.59. The van der Waals surface area contributed by atoms with Crippen molar-refractivity contribution < 1.29 is 0 Å². The maximum atomic E-state index is 5.82. The first-order chi connectivity index (χ1) is 7.18. The van der Waals surface area contributed by atoms with Crippen molar-refractivity contribution in [2.45, 2.75) is 20.4 Å². The normalized spacial score (nSPS) is 10.5. The van der Waals surface area contributed by atoms with Crippen LogP contribution in [0.3, 0.4) is 0 Å². The topological polar surface area (TPSA) is 43.0 Å². The number of hydrogen-bond donors (Lipinski definition) is 2. The number of hydrogen-bond acceptors (Lipinski definition) is 3. The minimum absolute atomic E-state index is 0.778. The molecule has 3 N–H and O–H groups in total. The lowest BCUT2D eigenvalue weighted by molar-refractivity contribution is 0.798. The summed E-state index contributed by atoms with van der Waals surface area (Å²) in [7, 11) is 0. The Morgan fingerprint density at radius 3 is 2.47 bits per heavy atom. The van der Waals surface area contributed by atoms with Crippen LogP contribution in [0.5, 0.6) is 0 Å². The SMILES string of the molecule is Cc1ccc(C)n1NCc1sccc1N. The van der Waals surface area contributed by atoms with E-state index in [1.807, 2.05) is 11.4 Å². The fourth-order valence-corrected chi connectivity index (χ4v) is 2.29. The van der Waals surface area contributed by atoms with Gasteiger partial charge in [-0.1, -0.05) is 0 Å². The highest BCUT2D eigenvalue weighted by Crippen LogP contribution is 2.18. The van der Waals surface area contributed by atoms with Crippen LogP contribution in [0.1, 0.15) is 16.3 Å². The third kappa shape index (κ3) is 1.99. The molecule has 0 spiro atoms. The highest BCUT2D eigenvalue weighted by molar-refractivity contribution is 7.10. The number of nitrogens with one attached hydrogen (secondary N) is 1. The second kappa shape index (κ2) is 3.98. The lowest BCUT2D eigenvalue weighted by Gasteiger charge is -2.11. The highest BCUT2D eigenvalue weighted by Gasteiger charge is 2.02. The summed E-state index contributed by atoms with van der Waals surface area (Å²) in [5, 5.41) is 2.02. The van der Waals surface area contributed by atoms with Crippen LogP contribution in [0.2, 0.25) is 0 Å². The number of anilines is 1. The molecule has 0 aliphatic carbocycles. The van der Waals surface area contributed by atoms with E-state index in [2.05, 4.69) is 36.1 Å². The number of rotatable bonds is 3. The van der Waals surface area contributed by atoms with Gasteiger partial charge in [-0.25, -0.2) is 0 Å². The van der Waals surface area contributed by atoms with Crippen LogP contribution < -0.4 is 11.2 Å². The average Bonchev–Trinajstić information content (AvgIpc) is 2.73. The van der Waals surface area contributed by atoms with Crippen molar-refractivity contribution in [3.8, 4) is 0 Å². The lowest BCUT2D eigenvalue weighted by atomic mass is 10.4. The minimum Gasteiger partial charge on any atom is -0.398 e. The number of nitrogens with two attached hydrogens (primary N) is 1. The molecule has 0 fully saturated rings. The zero-order valence-corrected chi connectivity index (χ0v) is 9.77. The van der Waals surface area contributed by atoms with Crippen molar-refractivity contribution in [2.24, 2.45) is 0 Å². The van der Waals surface area contributed by atoms with Gasteiger partial charge in [-0.3, -0.25) is 4.68 Å². The number of thiophene rings is 1. The predicted octanol–water partition coefficient (Wildman–Crippen LogP) is 2.49. The monoisotopic (exact) mass is 221 g/mol. The molecule has 80 valence electrons.